The molecule has 0 N–H and O–H groups in total. The van der Waals surface area contributed by atoms with Crippen LogP contribution in [0.2, 0.25) is 5.02 Å². The second kappa shape index (κ2) is 6.05. The highest BCUT2D eigenvalue weighted by molar-refractivity contribution is 14.1. The summed E-state index contributed by atoms with van der Waals surface area (Å²) in [6, 6.07) is 7.14. The minimum absolute atomic E-state index is 0.0126. The molecule has 0 spiro atoms. The standard InChI is InChI=1S/C18H19ClINO2/c1-23-18(22)17-14-8-13-4-5-16(17)21(13)9-11(14)6-10-2-3-12(20)7-15(10)19/h2-3,6-7,13-14,16-17H,4-5,8-9H2,1H3/t13-,14+,16+,17-/m0/s1. The van der Waals surface area contributed by atoms with Crippen LogP contribution < -0.4 is 0 Å². The summed E-state index contributed by atoms with van der Waals surface area (Å²) >= 11 is 8.66. The highest BCUT2D eigenvalue weighted by Crippen LogP contribution is 2.51. The molecule has 5 heteroatoms. The summed E-state index contributed by atoms with van der Waals surface area (Å²) in [4.78, 5) is 14.9. The SMILES string of the molecule is COC(=O)[C@H]1[C@@H]2C[C@@H]3CC[C@H]1N3CC2=Cc1ccc(I)cc1Cl. The molecule has 5 rings (SSSR count). The van der Waals surface area contributed by atoms with E-state index in [9.17, 15) is 4.79 Å². The lowest BCUT2D eigenvalue weighted by Gasteiger charge is -2.50. The van der Waals surface area contributed by atoms with E-state index in [0.717, 1.165) is 33.5 Å². The molecule has 3 nitrogen and oxygen atoms in total. The molecule has 1 aromatic rings. The molecule has 4 bridgehead atoms. The summed E-state index contributed by atoms with van der Waals surface area (Å²) < 4.78 is 6.24. The minimum Gasteiger partial charge on any atom is -0.469 e. The van der Waals surface area contributed by atoms with Gasteiger partial charge >= 0.3 is 5.97 Å². The Bertz CT molecular complexity index is 690. The van der Waals surface area contributed by atoms with Crippen molar-refractivity contribution in [2.75, 3.05) is 13.7 Å². The average molecular weight is 444 g/mol. The monoisotopic (exact) mass is 443 g/mol. The lowest BCUT2D eigenvalue weighted by atomic mass is 9.71. The highest BCUT2D eigenvalue weighted by atomic mass is 127. The van der Waals surface area contributed by atoms with E-state index < -0.39 is 0 Å². The van der Waals surface area contributed by atoms with Crippen molar-refractivity contribution < 1.29 is 9.53 Å². The van der Waals surface area contributed by atoms with Crippen molar-refractivity contribution >= 4 is 46.2 Å². The maximum absolute atomic E-state index is 12.4. The number of esters is 1. The summed E-state index contributed by atoms with van der Waals surface area (Å²) in [7, 11) is 1.51. The van der Waals surface area contributed by atoms with Crippen LogP contribution >= 0.6 is 34.2 Å². The molecule has 0 saturated carbocycles. The predicted octanol–water partition coefficient (Wildman–Crippen LogP) is 3.98. The number of methoxy groups -OCH3 is 1. The van der Waals surface area contributed by atoms with Crippen LogP contribution in [-0.4, -0.2) is 36.6 Å². The Kier molecular flexibility index (Phi) is 4.18. The first kappa shape index (κ1) is 15.9. The topological polar surface area (TPSA) is 29.5 Å². The lowest BCUT2D eigenvalue weighted by molar-refractivity contribution is -0.153. The van der Waals surface area contributed by atoms with Gasteiger partial charge in [-0.1, -0.05) is 29.3 Å². The number of carbonyl (C=O) groups is 1. The van der Waals surface area contributed by atoms with Crippen molar-refractivity contribution in [2.45, 2.75) is 31.3 Å². The molecule has 4 saturated heterocycles. The molecular weight excluding hydrogens is 425 g/mol. The van der Waals surface area contributed by atoms with E-state index in [2.05, 4.69) is 45.7 Å². The van der Waals surface area contributed by atoms with Crippen LogP contribution in [0, 0.1) is 15.4 Å². The quantitative estimate of drug-likeness (QED) is 0.511. The van der Waals surface area contributed by atoms with Gasteiger partial charge in [-0.15, -0.1) is 0 Å². The van der Waals surface area contributed by atoms with Gasteiger partial charge in [-0.2, -0.15) is 0 Å². The van der Waals surface area contributed by atoms with Gasteiger partial charge in [0.2, 0.25) is 0 Å². The number of benzene rings is 1. The molecule has 1 unspecified atom stereocenters. The van der Waals surface area contributed by atoms with Crippen LogP contribution in [0.4, 0.5) is 0 Å². The van der Waals surface area contributed by atoms with E-state index >= 15 is 0 Å². The number of rotatable bonds is 2. The molecule has 4 aliphatic heterocycles. The number of carbonyl (C=O) groups excluding carboxylic acids is 1. The number of ether oxygens (including phenoxy) is 1. The third kappa shape index (κ3) is 2.63. The molecule has 0 aromatic heterocycles. The van der Waals surface area contributed by atoms with E-state index in [4.69, 9.17) is 16.3 Å². The van der Waals surface area contributed by atoms with Gasteiger partial charge in [-0.25, -0.2) is 0 Å². The largest absolute Gasteiger partial charge is 0.469 e. The number of halogens is 2. The number of hydrogen-bond acceptors (Lipinski definition) is 3. The predicted molar refractivity (Wildman–Crippen MR) is 99.3 cm³/mol. The van der Waals surface area contributed by atoms with Crippen molar-refractivity contribution in [3.63, 3.8) is 0 Å². The second-order valence-electron chi connectivity index (χ2n) is 6.75. The Hall–Kier alpha value is -0.590. The average Bonchev–Trinajstić information content (AvgIpc) is 2.84. The van der Waals surface area contributed by atoms with Crippen LogP contribution in [0.15, 0.2) is 23.8 Å². The van der Waals surface area contributed by atoms with E-state index in [1.54, 1.807) is 0 Å². The van der Waals surface area contributed by atoms with E-state index in [1.807, 2.05) is 6.07 Å². The maximum Gasteiger partial charge on any atom is 0.310 e. The first-order valence-corrected chi connectivity index (χ1v) is 9.53. The molecular formula is C18H19ClINO2. The summed E-state index contributed by atoms with van der Waals surface area (Å²) in [6.45, 7) is 0.968. The molecule has 122 valence electrons. The number of nitrogens with zero attached hydrogens (tertiary/aromatic N) is 1. The summed E-state index contributed by atoms with van der Waals surface area (Å²) in [5.74, 6) is 0.242. The Morgan fingerprint density at radius 2 is 2.26 bits per heavy atom. The molecule has 23 heavy (non-hydrogen) atoms. The van der Waals surface area contributed by atoms with Crippen LogP contribution in [0.1, 0.15) is 24.8 Å². The van der Waals surface area contributed by atoms with Crippen molar-refractivity contribution in [3.05, 3.63) is 37.9 Å². The van der Waals surface area contributed by atoms with Gasteiger partial charge in [0.15, 0.2) is 0 Å². The van der Waals surface area contributed by atoms with Crippen LogP contribution in [-0.2, 0) is 9.53 Å². The van der Waals surface area contributed by atoms with Gasteiger partial charge in [0.25, 0.3) is 0 Å². The third-order valence-corrected chi connectivity index (χ3v) is 6.68. The molecule has 4 aliphatic rings. The van der Waals surface area contributed by atoms with Gasteiger partial charge in [-0.05, 0) is 65.5 Å². The van der Waals surface area contributed by atoms with Crippen molar-refractivity contribution in [3.8, 4) is 0 Å². The van der Waals surface area contributed by atoms with E-state index in [1.165, 1.54) is 19.1 Å². The fourth-order valence-corrected chi connectivity index (χ4v) is 5.61. The fraction of sp³-hybridized carbons (Fsp3) is 0.500. The highest BCUT2D eigenvalue weighted by Gasteiger charge is 2.55. The molecule has 0 amide bonds. The first-order valence-electron chi connectivity index (χ1n) is 8.07. The van der Waals surface area contributed by atoms with Crippen LogP contribution in [0.3, 0.4) is 0 Å². The van der Waals surface area contributed by atoms with Crippen molar-refractivity contribution in [2.24, 2.45) is 11.8 Å². The third-order valence-electron chi connectivity index (χ3n) is 5.68. The van der Waals surface area contributed by atoms with Crippen LogP contribution in [0.25, 0.3) is 6.08 Å². The molecule has 0 radical (unpaired) electrons. The fourth-order valence-electron chi connectivity index (χ4n) is 4.70. The molecule has 4 fully saturated rings. The van der Waals surface area contributed by atoms with Crippen molar-refractivity contribution in [1.82, 2.24) is 4.90 Å². The molecule has 4 heterocycles. The summed E-state index contributed by atoms with van der Waals surface area (Å²) in [6.07, 6.45) is 5.61. The zero-order valence-corrected chi connectivity index (χ0v) is 15.9. The first-order chi connectivity index (χ1) is 11.1. The second-order valence-corrected chi connectivity index (χ2v) is 8.40. The van der Waals surface area contributed by atoms with Gasteiger partial charge in [0.1, 0.15) is 0 Å². The Morgan fingerprint density at radius 1 is 1.43 bits per heavy atom. The van der Waals surface area contributed by atoms with E-state index in [-0.39, 0.29) is 11.9 Å². The van der Waals surface area contributed by atoms with Gasteiger partial charge < -0.3 is 4.74 Å². The summed E-state index contributed by atoms with van der Waals surface area (Å²) in [5, 5.41) is 0.776. The normalized spacial score (nSPS) is 36.5. The molecule has 5 atom stereocenters. The van der Waals surface area contributed by atoms with Gasteiger partial charge in [-0.3, -0.25) is 9.69 Å². The Balaban J connectivity index is 1.71. The minimum atomic E-state index is -0.0512. The molecule has 0 aliphatic carbocycles. The molecule has 1 aromatic carbocycles. The Morgan fingerprint density at radius 3 is 3.00 bits per heavy atom. The summed E-state index contributed by atoms with van der Waals surface area (Å²) in [5.41, 5.74) is 2.38. The lowest BCUT2D eigenvalue weighted by Crippen LogP contribution is -2.58. The van der Waals surface area contributed by atoms with Gasteiger partial charge in [0.05, 0.1) is 13.0 Å². The number of piperidine rings is 3. The smallest absolute Gasteiger partial charge is 0.310 e. The zero-order valence-electron chi connectivity index (χ0n) is 13.0. The Labute approximate surface area is 155 Å². The van der Waals surface area contributed by atoms with Gasteiger partial charge in [0, 0.05) is 27.2 Å². The number of fused-ring (bicyclic) bond motifs is 1. The maximum atomic E-state index is 12.4. The van der Waals surface area contributed by atoms with Crippen LogP contribution in [0.5, 0.6) is 0 Å². The van der Waals surface area contributed by atoms with E-state index in [0.29, 0.717) is 18.0 Å². The number of hydrogen-bond donors (Lipinski definition) is 0. The zero-order chi connectivity index (χ0) is 16.1. The van der Waals surface area contributed by atoms with Crippen molar-refractivity contribution in [1.29, 1.82) is 0 Å².